The van der Waals surface area contributed by atoms with Crippen LogP contribution < -0.4 is 10.1 Å². The minimum absolute atomic E-state index is 0.0160. The first-order chi connectivity index (χ1) is 15.8. The quantitative estimate of drug-likeness (QED) is 0.505. The van der Waals surface area contributed by atoms with Gasteiger partial charge in [-0.2, -0.15) is 13.2 Å². The van der Waals surface area contributed by atoms with E-state index >= 15 is 0 Å². The van der Waals surface area contributed by atoms with Crippen molar-refractivity contribution in [2.45, 2.75) is 31.5 Å². The molecule has 1 heterocycles. The zero-order chi connectivity index (χ0) is 23.4. The lowest BCUT2D eigenvalue weighted by Gasteiger charge is -2.32. The Morgan fingerprint density at radius 2 is 1.76 bits per heavy atom. The number of hydrogen-bond acceptors (Lipinski definition) is 5. The fraction of sp³-hybridized carbons (Fsp3) is 0.480. The molecule has 2 aromatic carbocycles. The second-order valence-electron chi connectivity index (χ2n) is 8.83. The summed E-state index contributed by atoms with van der Waals surface area (Å²) in [6, 6.07) is 12.8. The van der Waals surface area contributed by atoms with E-state index in [1.165, 1.54) is 0 Å². The van der Waals surface area contributed by atoms with Crippen LogP contribution in [-0.4, -0.2) is 67.4 Å². The number of piperidine rings is 1. The summed E-state index contributed by atoms with van der Waals surface area (Å²) in [6.45, 7) is 2.58. The van der Waals surface area contributed by atoms with Crippen LogP contribution in [0.5, 0.6) is 5.75 Å². The normalized spacial score (nSPS) is 17.6. The van der Waals surface area contributed by atoms with Crippen molar-refractivity contribution < 1.29 is 27.8 Å². The van der Waals surface area contributed by atoms with Crippen LogP contribution in [0.25, 0.3) is 11.1 Å². The van der Waals surface area contributed by atoms with Crippen LogP contribution in [0, 0.1) is 5.92 Å². The highest BCUT2D eigenvalue weighted by molar-refractivity contribution is 6.22. The van der Waals surface area contributed by atoms with E-state index in [4.69, 9.17) is 4.74 Å². The van der Waals surface area contributed by atoms with E-state index in [1.54, 1.807) is 24.3 Å². The first-order valence-corrected chi connectivity index (χ1v) is 11.4. The fourth-order valence-corrected chi connectivity index (χ4v) is 4.56. The van der Waals surface area contributed by atoms with Gasteiger partial charge >= 0.3 is 6.18 Å². The maximum Gasteiger partial charge on any atom is 0.390 e. The Hall–Kier alpha value is -2.42. The molecule has 0 spiro atoms. The summed E-state index contributed by atoms with van der Waals surface area (Å²) in [6.07, 6.45) is -3.88. The van der Waals surface area contributed by atoms with E-state index in [0.717, 1.165) is 24.0 Å². The monoisotopic (exact) mass is 462 g/mol. The molecule has 33 heavy (non-hydrogen) atoms. The SMILES string of the molecule is O=C1c2ccccc2-c2c(OCC(O)CNCC3CCN(CCC(F)(F)F)CC3)cccc21. The molecule has 0 bridgehead atoms. The lowest BCUT2D eigenvalue weighted by atomic mass is 9.96. The lowest BCUT2D eigenvalue weighted by molar-refractivity contribution is -0.138. The number of ether oxygens (including phenoxy) is 1. The predicted molar refractivity (Wildman–Crippen MR) is 120 cm³/mol. The molecule has 0 amide bonds. The molecule has 0 saturated carbocycles. The third-order valence-electron chi connectivity index (χ3n) is 6.37. The number of rotatable bonds is 9. The average Bonchev–Trinajstić information content (AvgIpc) is 3.10. The molecule has 178 valence electrons. The van der Waals surface area contributed by atoms with E-state index < -0.39 is 18.7 Å². The highest BCUT2D eigenvalue weighted by atomic mass is 19.4. The van der Waals surface area contributed by atoms with Gasteiger partial charge in [0.1, 0.15) is 18.5 Å². The molecule has 5 nitrogen and oxygen atoms in total. The van der Waals surface area contributed by atoms with Crippen molar-refractivity contribution in [3.63, 3.8) is 0 Å². The minimum Gasteiger partial charge on any atom is -0.490 e. The summed E-state index contributed by atoms with van der Waals surface area (Å²) >= 11 is 0. The van der Waals surface area contributed by atoms with Crippen molar-refractivity contribution in [2.24, 2.45) is 5.92 Å². The van der Waals surface area contributed by atoms with Crippen LogP contribution in [0.2, 0.25) is 0 Å². The van der Waals surface area contributed by atoms with Crippen molar-refractivity contribution in [1.29, 1.82) is 0 Å². The molecule has 1 aliphatic carbocycles. The third-order valence-corrected chi connectivity index (χ3v) is 6.37. The molecule has 0 radical (unpaired) electrons. The molecule has 0 aromatic heterocycles. The van der Waals surface area contributed by atoms with Crippen LogP contribution in [0.3, 0.4) is 0 Å². The van der Waals surface area contributed by atoms with Crippen molar-refractivity contribution in [3.05, 3.63) is 53.6 Å². The van der Waals surface area contributed by atoms with Crippen molar-refractivity contribution in [3.8, 4) is 16.9 Å². The van der Waals surface area contributed by atoms with Gasteiger partial charge in [0.05, 0.1) is 6.42 Å². The predicted octanol–water partition coefficient (Wildman–Crippen LogP) is 3.89. The highest BCUT2D eigenvalue weighted by Gasteiger charge is 2.30. The third kappa shape index (κ3) is 5.93. The average molecular weight is 463 g/mol. The number of likely N-dealkylation sites (tertiary alicyclic amines) is 1. The smallest absolute Gasteiger partial charge is 0.390 e. The Morgan fingerprint density at radius 3 is 2.48 bits per heavy atom. The fourth-order valence-electron chi connectivity index (χ4n) is 4.56. The van der Waals surface area contributed by atoms with Crippen molar-refractivity contribution >= 4 is 5.78 Å². The number of hydrogen-bond donors (Lipinski definition) is 2. The van der Waals surface area contributed by atoms with Gasteiger partial charge < -0.3 is 20.1 Å². The minimum atomic E-state index is -4.10. The van der Waals surface area contributed by atoms with Crippen LogP contribution in [0.1, 0.15) is 35.2 Å². The van der Waals surface area contributed by atoms with E-state index in [1.807, 2.05) is 23.1 Å². The molecule has 1 atom stereocenters. The number of aliphatic hydroxyl groups excluding tert-OH is 1. The van der Waals surface area contributed by atoms with Crippen LogP contribution in [0.4, 0.5) is 13.2 Å². The van der Waals surface area contributed by atoms with Gasteiger partial charge in [-0.15, -0.1) is 0 Å². The molecule has 2 N–H and O–H groups in total. The second kappa shape index (κ2) is 10.2. The van der Waals surface area contributed by atoms with E-state index in [2.05, 4.69) is 5.32 Å². The van der Waals surface area contributed by atoms with Gasteiger partial charge in [0.15, 0.2) is 5.78 Å². The Kier molecular flexibility index (Phi) is 7.36. The van der Waals surface area contributed by atoms with Gasteiger partial charge in [0.25, 0.3) is 0 Å². The molecular weight excluding hydrogens is 433 g/mol. The number of carbonyl (C=O) groups excluding carboxylic acids is 1. The number of benzene rings is 2. The standard InChI is InChI=1S/C25H29F3N2O3/c26-25(27,28)10-13-30-11-8-17(9-12-30)14-29-15-18(31)16-33-22-7-3-6-21-23(22)19-4-1-2-5-20(19)24(21)32/h1-7,17-18,29,31H,8-16H2. The number of nitrogens with zero attached hydrogens (tertiary/aromatic N) is 1. The molecule has 2 aromatic rings. The number of carbonyl (C=O) groups is 1. The number of halogens is 3. The maximum absolute atomic E-state index is 12.6. The van der Waals surface area contributed by atoms with E-state index in [0.29, 0.717) is 49.0 Å². The summed E-state index contributed by atoms with van der Waals surface area (Å²) in [7, 11) is 0. The highest BCUT2D eigenvalue weighted by Crippen LogP contribution is 2.42. The second-order valence-corrected chi connectivity index (χ2v) is 8.83. The summed E-state index contributed by atoms with van der Waals surface area (Å²) in [5, 5.41) is 13.6. The Labute approximate surface area is 191 Å². The Balaban J connectivity index is 1.20. The summed E-state index contributed by atoms with van der Waals surface area (Å²) < 4.78 is 43.0. The largest absolute Gasteiger partial charge is 0.490 e. The number of aliphatic hydroxyl groups is 1. The number of fused-ring (bicyclic) bond motifs is 3. The molecule has 1 saturated heterocycles. The van der Waals surface area contributed by atoms with Crippen molar-refractivity contribution in [2.75, 3.05) is 39.3 Å². The molecule has 4 rings (SSSR count). The van der Waals surface area contributed by atoms with E-state index in [9.17, 15) is 23.1 Å². The van der Waals surface area contributed by atoms with Crippen LogP contribution >= 0.6 is 0 Å². The zero-order valence-corrected chi connectivity index (χ0v) is 18.4. The zero-order valence-electron chi connectivity index (χ0n) is 18.4. The van der Waals surface area contributed by atoms with E-state index in [-0.39, 0.29) is 18.9 Å². The van der Waals surface area contributed by atoms with Gasteiger partial charge in [-0.05, 0) is 50.0 Å². The van der Waals surface area contributed by atoms with Crippen molar-refractivity contribution in [1.82, 2.24) is 10.2 Å². The molecule has 8 heteroatoms. The number of nitrogens with one attached hydrogen (secondary N) is 1. The summed E-state index contributed by atoms with van der Waals surface area (Å²) in [5.41, 5.74) is 2.90. The molecule has 1 aliphatic heterocycles. The van der Waals surface area contributed by atoms with Gasteiger partial charge in [-0.3, -0.25) is 4.79 Å². The Bertz CT molecular complexity index is 972. The Morgan fingerprint density at radius 1 is 1.06 bits per heavy atom. The van der Waals surface area contributed by atoms with Gasteiger partial charge in [0.2, 0.25) is 0 Å². The number of alkyl halides is 3. The molecule has 1 unspecified atom stereocenters. The summed E-state index contributed by atoms with van der Waals surface area (Å²) in [5.74, 6) is 0.953. The van der Waals surface area contributed by atoms with Gasteiger partial charge in [-0.1, -0.05) is 36.4 Å². The number of ketones is 1. The topological polar surface area (TPSA) is 61.8 Å². The van der Waals surface area contributed by atoms with Gasteiger partial charge in [-0.25, -0.2) is 0 Å². The van der Waals surface area contributed by atoms with Crippen LogP contribution in [0.15, 0.2) is 42.5 Å². The molecular formula is C25H29F3N2O3. The maximum atomic E-state index is 12.6. The molecule has 1 fully saturated rings. The first-order valence-electron chi connectivity index (χ1n) is 11.4. The lowest BCUT2D eigenvalue weighted by Crippen LogP contribution is -2.40. The molecule has 2 aliphatic rings. The summed E-state index contributed by atoms with van der Waals surface area (Å²) in [4.78, 5) is 14.5. The van der Waals surface area contributed by atoms with Gasteiger partial charge in [0, 0.05) is 29.8 Å². The first kappa shape index (κ1) is 23.7. The van der Waals surface area contributed by atoms with Crippen LogP contribution in [-0.2, 0) is 0 Å².